The first-order valence-corrected chi connectivity index (χ1v) is 7.91. The number of nitrogens with one attached hydrogen (secondary N) is 2. The summed E-state index contributed by atoms with van der Waals surface area (Å²) in [6, 6.07) is 9.39. The fraction of sp³-hybridized carbons (Fsp3) is 0.167. The summed E-state index contributed by atoms with van der Waals surface area (Å²) >= 11 is 4.82. The Labute approximate surface area is 122 Å². The molecule has 0 bridgehead atoms. The maximum absolute atomic E-state index is 12.0. The van der Waals surface area contributed by atoms with Gasteiger partial charge in [-0.05, 0) is 12.0 Å². The molecule has 2 aromatic rings. The number of aromatic nitrogens is 2. The van der Waals surface area contributed by atoms with Crippen LogP contribution in [0.3, 0.4) is 0 Å². The van der Waals surface area contributed by atoms with E-state index in [1.54, 1.807) is 0 Å². The summed E-state index contributed by atoms with van der Waals surface area (Å²) in [4.78, 5) is 0.0829. The molecule has 0 unspecified atom stereocenters. The van der Waals surface area contributed by atoms with E-state index in [1.165, 1.54) is 6.20 Å². The molecule has 0 aliphatic rings. The van der Waals surface area contributed by atoms with Gasteiger partial charge in [-0.2, -0.15) is 5.10 Å². The van der Waals surface area contributed by atoms with Gasteiger partial charge in [0.25, 0.3) is 0 Å². The van der Waals surface area contributed by atoms with Crippen LogP contribution in [0.15, 0.2) is 36.5 Å². The molecule has 106 valence electrons. The largest absolute Gasteiger partial charge is 0.389 e. The summed E-state index contributed by atoms with van der Waals surface area (Å²) in [6.45, 7) is 0. The van der Waals surface area contributed by atoms with Gasteiger partial charge in [0.2, 0.25) is 10.0 Å². The number of thiocarbonyl (C=S) groups is 1. The number of aryl methyl sites for hydroxylation is 1. The second-order valence-electron chi connectivity index (χ2n) is 4.18. The van der Waals surface area contributed by atoms with E-state index in [2.05, 4.69) is 14.9 Å². The molecular formula is C12H14N4O2S2. The molecule has 8 heteroatoms. The average molecular weight is 310 g/mol. The fourth-order valence-electron chi connectivity index (χ4n) is 1.65. The van der Waals surface area contributed by atoms with Crippen molar-refractivity contribution in [2.24, 2.45) is 5.73 Å². The fourth-order valence-corrected chi connectivity index (χ4v) is 2.88. The van der Waals surface area contributed by atoms with Crippen LogP contribution in [0.4, 0.5) is 5.82 Å². The molecule has 0 amide bonds. The lowest BCUT2D eigenvalue weighted by Gasteiger charge is -2.07. The summed E-state index contributed by atoms with van der Waals surface area (Å²) in [7, 11) is -3.50. The van der Waals surface area contributed by atoms with Gasteiger partial charge < -0.3 is 5.73 Å². The molecule has 0 atom stereocenters. The maximum Gasteiger partial charge on any atom is 0.234 e. The van der Waals surface area contributed by atoms with E-state index >= 15 is 0 Å². The third kappa shape index (κ3) is 3.78. The van der Waals surface area contributed by atoms with Gasteiger partial charge >= 0.3 is 0 Å². The molecule has 0 fully saturated rings. The number of hydrogen-bond acceptors (Lipinski definition) is 4. The van der Waals surface area contributed by atoms with Crippen LogP contribution in [0.1, 0.15) is 11.1 Å². The van der Waals surface area contributed by atoms with Crippen molar-refractivity contribution in [1.29, 1.82) is 0 Å². The van der Waals surface area contributed by atoms with Crippen molar-refractivity contribution in [1.82, 2.24) is 10.2 Å². The SMILES string of the molecule is NC(=S)c1cn[nH]c1NS(=O)(=O)CCc1ccccc1. The van der Waals surface area contributed by atoms with Crippen molar-refractivity contribution in [3.63, 3.8) is 0 Å². The first-order valence-electron chi connectivity index (χ1n) is 5.85. The Morgan fingerprint density at radius 2 is 2.05 bits per heavy atom. The highest BCUT2D eigenvalue weighted by atomic mass is 32.2. The number of hydrogen-bond donors (Lipinski definition) is 3. The van der Waals surface area contributed by atoms with Crippen LogP contribution >= 0.6 is 12.2 Å². The van der Waals surface area contributed by atoms with E-state index < -0.39 is 10.0 Å². The number of nitrogens with two attached hydrogens (primary N) is 1. The van der Waals surface area contributed by atoms with Gasteiger partial charge in [0, 0.05) is 0 Å². The van der Waals surface area contributed by atoms with Gasteiger partial charge in [-0.1, -0.05) is 42.5 Å². The molecule has 0 spiro atoms. The summed E-state index contributed by atoms with van der Waals surface area (Å²) in [6.07, 6.45) is 1.81. The second-order valence-corrected chi connectivity index (χ2v) is 6.46. The molecule has 0 aliphatic heterocycles. The molecular weight excluding hydrogens is 296 g/mol. The Hall–Kier alpha value is -1.93. The van der Waals surface area contributed by atoms with Crippen LogP contribution in [0.2, 0.25) is 0 Å². The Balaban J connectivity index is 2.04. The minimum atomic E-state index is -3.50. The highest BCUT2D eigenvalue weighted by Crippen LogP contribution is 2.13. The Bertz CT molecular complexity index is 695. The minimum Gasteiger partial charge on any atom is -0.389 e. The predicted molar refractivity (Wildman–Crippen MR) is 82.0 cm³/mol. The number of rotatable bonds is 6. The number of sulfonamides is 1. The van der Waals surface area contributed by atoms with E-state index in [0.717, 1.165) is 5.56 Å². The molecule has 0 radical (unpaired) electrons. The minimum absolute atomic E-state index is 0.0349. The van der Waals surface area contributed by atoms with Crippen molar-refractivity contribution < 1.29 is 8.42 Å². The lowest BCUT2D eigenvalue weighted by molar-refractivity contribution is 0.600. The normalized spacial score (nSPS) is 11.2. The van der Waals surface area contributed by atoms with Crippen LogP contribution in [0.5, 0.6) is 0 Å². The summed E-state index contributed by atoms with van der Waals surface area (Å²) < 4.78 is 26.4. The smallest absolute Gasteiger partial charge is 0.234 e. The van der Waals surface area contributed by atoms with Crippen molar-refractivity contribution in [2.75, 3.05) is 10.5 Å². The third-order valence-corrected chi connectivity index (χ3v) is 4.14. The van der Waals surface area contributed by atoms with Crippen molar-refractivity contribution in [3.05, 3.63) is 47.7 Å². The van der Waals surface area contributed by atoms with Crippen molar-refractivity contribution in [2.45, 2.75) is 6.42 Å². The first kappa shape index (κ1) is 14.5. The molecule has 6 nitrogen and oxygen atoms in total. The van der Waals surface area contributed by atoms with Gasteiger partial charge in [-0.15, -0.1) is 0 Å². The van der Waals surface area contributed by atoms with Crippen molar-refractivity contribution in [3.8, 4) is 0 Å². The van der Waals surface area contributed by atoms with Gasteiger partial charge in [0.1, 0.15) is 10.8 Å². The Kier molecular flexibility index (Phi) is 4.35. The molecule has 1 heterocycles. The molecule has 0 aliphatic carbocycles. The quantitative estimate of drug-likeness (QED) is 0.692. The average Bonchev–Trinajstić information content (AvgIpc) is 2.85. The van der Waals surface area contributed by atoms with Gasteiger partial charge in [-0.25, -0.2) is 8.42 Å². The Morgan fingerprint density at radius 3 is 2.70 bits per heavy atom. The molecule has 1 aromatic carbocycles. The number of benzene rings is 1. The molecule has 2 rings (SSSR count). The summed E-state index contributed by atoms with van der Waals surface area (Å²) in [5, 5.41) is 6.26. The third-order valence-electron chi connectivity index (χ3n) is 2.66. The van der Waals surface area contributed by atoms with Crippen LogP contribution < -0.4 is 10.5 Å². The van der Waals surface area contributed by atoms with Gasteiger partial charge in [0.05, 0.1) is 17.5 Å². The number of H-pyrrole nitrogens is 1. The monoisotopic (exact) mass is 310 g/mol. The van der Waals surface area contributed by atoms with Crippen molar-refractivity contribution >= 4 is 33.0 Å². The van der Waals surface area contributed by atoms with Crippen LogP contribution in [-0.4, -0.2) is 29.4 Å². The van der Waals surface area contributed by atoms with Gasteiger partial charge in [0.15, 0.2) is 0 Å². The molecule has 20 heavy (non-hydrogen) atoms. The molecule has 0 saturated carbocycles. The zero-order valence-corrected chi connectivity index (χ0v) is 12.2. The van der Waals surface area contributed by atoms with Crippen LogP contribution in [-0.2, 0) is 16.4 Å². The van der Waals surface area contributed by atoms with Crippen LogP contribution in [0, 0.1) is 0 Å². The summed E-state index contributed by atoms with van der Waals surface area (Å²) in [5.74, 6) is 0.165. The predicted octanol–water partition coefficient (Wildman–Crippen LogP) is 1.03. The lowest BCUT2D eigenvalue weighted by atomic mass is 10.2. The molecule has 1 aromatic heterocycles. The van der Waals surface area contributed by atoms with E-state index in [0.29, 0.717) is 12.0 Å². The maximum atomic E-state index is 12.0. The van der Waals surface area contributed by atoms with Gasteiger partial charge in [-0.3, -0.25) is 9.82 Å². The van der Waals surface area contributed by atoms with E-state index in [4.69, 9.17) is 18.0 Å². The molecule has 0 saturated heterocycles. The molecule has 4 N–H and O–H groups in total. The Morgan fingerprint density at radius 1 is 1.35 bits per heavy atom. The first-order chi connectivity index (χ1) is 9.48. The number of nitrogens with zero attached hydrogens (tertiary/aromatic N) is 1. The number of anilines is 1. The van der Waals surface area contributed by atoms with Crippen LogP contribution in [0.25, 0.3) is 0 Å². The van der Waals surface area contributed by atoms with E-state index in [1.807, 2.05) is 30.3 Å². The zero-order chi connectivity index (χ0) is 14.6. The summed E-state index contributed by atoms with van der Waals surface area (Å²) in [5.41, 5.74) is 6.81. The standard InChI is InChI=1S/C12H14N4O2S2/c13-11(19)10-8-14-15-12(10)16-20(17,18)7-6-9-4-2-1-3-5-9/h1-5,8H,6-7H2,(H2,13,19)(H2,14,15,16). The lowest BCUT2D eigenvalue weighted by Crippen LogP contribution is -2.21. The second kappa shape index (κ2) is 6.02. The topological polar surface area (TPSA) is 101 Å². The zero-order valence-electron chi connectivity index (χ0n) is 10.5. The highest BCUT2D eigenvalue weighted by molar-refractivity contribution is 7.92. The van der Waals surface area contributed by atoms with E-state index in [-0.39, 0.29) is 16.6 Å². The number of aromatic amines is 1. The highest BCUT2D eigenvalue weighted by Gasteiger charge is 2.15. The van der Waals surface area contributed by atoms with E-state index in [9.17, 15) is 8.42 Å².